The fourth-order valence-corrected chi connectivity index (χ4v) is 2.64. The van der Waals surface area contributed by atoms with Gasteiger partial charge in [-0.1, -0.05) is 0 Å². The van der Waals surface area contributed by atoms with E-state index in [1.54, 1.807) is 12.3 Å². The molecule has 0 unspecified atom stereocenters. The van der Waals surface area contributed by atoms with Gasteiger partial charge < -0.3 is 5.32 Å². The van der Waals surface area contributed by atoms with Crippen molar-refractivity contribution < 1.29 is 4.39 Å². The van der Waals surface area contributed by atoms with Crippen LogP contribution in [0.25, 0.3) is 0 Å². The Morgan fingerprint density at radius 1 is 1.36 bits per heavy atom. The normalized spacial score (nSPS) is 24.4. The van der Waals surface area contributed by atoms with Gasteiger partial charge in [-0.05, 0) is 35.8 Å². The van der Waals surface area contributed by atoms with Crippen molar-refractivity contribution in [2.75, 3.05) is 13.1 Å². The lowest BCUT2D eigenvalue weighted by Gasteiger charge is -2.54. The molecule has 1 N–H and O–H groups in total. The highest BCUT2D eigenvalue weighted by molar-refractivity contribution is 5.22. The van der Waals surface area contributed by atoms with Gasteiger partial charge in [0, 0.05) is 19.3 Å². The molecule has 0 bridgehead atoms. The molecule has 1 aliphatic heterocycles. The second-order valence-electron chi connectivity index (χ2n) is 4.65. The molecule has 0 amide bonds. The van der Waals surface area contributed by atoms with Crippen LogP contribution in [0.15, 0.2) is 18.5 Å². The minimum atomic E-state index is -0.213. The highest BCUT2D eigenvalue weighted by Crippen LogP contribution is 2.53. The number of pyridine rings is 1. The molecule has 2 fully saturated rings. The van der Waals surface area contributed by atoms with Gasteiger partial charge in [-0.2, -0.15) is 0 Å². The first-order valence-corrected chi connectivity index (χ1v) is 5.09. The third kappa shape index (κ3) is 1.16. The zero-order chi connectivity index (χ0) is 9.60. The zero-order valence-electron chi connectivity index (χ0n) is 7.96. The van der Waals surface area contributed by atoms with E-state index < -0.39 is 0 Å². The summed E-state index contributed by atoms with van der Waals surface area (Å²) in [7, 11) is 0. The maximum atomic E-state index is 12.9. The van der Waals surface area contributed by atoms with Crippen LogP contribution < -0.4 is 5.32 Å². The quantitative estimate of drug-likeness (QED) is 0.732. The van der Waals surface area contributed by atoms with Crippen molar-refractivity contribution in [3.8, 4) is 0 Å². The lowest BCUT2D eigenvalue weighted by atomic mass is 9.57. The van der Waals surface area contributed by atoms with Crippen LogP contribution in [-0.2, 0) is 0 Å². The Morgan fingerprint density at radius 3 is 2.71 bits per heavy atom. The Balaban J connectivity index is 1.73. The predicted molar refractivity (Wildman–Crippen MR) is 51.5 cm³/mol. The first-order valence-electron chi connectivity index (χ1n) is 5.09. The average molecular weight is 192 g/mol. The largest absolute Gasteiger partial charge is 0.316 e. The first kappa shape index (κ1) is 8.36. The Kier molecular flexibility index (Phi) is 1.65. The van der Waals surface area contributed by atoms with Crippen molar-refractivity contribution in [2.24, 2.45) is 5.41 Å². The molecule has 0 atom stereocenters. The van der Waals surface area contributed by atoms with Crippen LogP contribution >= 0.6 is 0 Å². The number of nitrogens with one attached hydrogen (secondary N) is 1. The molecule has 2 aliphatic rings. The minimum absolute atomic E-state index is 0.213. The molecule has 1 aromatic heterocycles. The number of hydrogen-bond donors (Lipinski definition) is 1. The van der Waals surface area contributed by atoms with Crippen LogP contribution in [0.5, 0.6) is 0 Å². The fourth-order valence-electron chi connectivity index (χ4n) is 2.64. The zero-order valence-corrected chi connectivity index (χ0v) is 7.96. The molecule has 3 heteroatoms. The molecule has 2 nitrogen and oxygen atoms in total. The van der Waals surface area contributed by atoms with Gasteiger partial charge in [-0.25, -0.2) is 4.39 Å². The van der Waals surface area contributed by atoms with Crippen molar-refractivity contribution in [1.29, 1.82) is 0 Å². The van der Waals surface area contributed by atoms with E-state index in [2.05, 4.69) is 10.3 Å². The SMILES string of the molecule is Fc1cncc(C2CC3(CNC3)C2)c1. The summed E-state index contributed by atoms with van der Waals surface area (Å²) >= 11 is 0. The van der Waals surface area contributed by atoms with E-state index in [-0.39, 0.29) is 5.82 Å². The molecule has 1 saturated heterocycles. The molecular formula is C11H13FN2. The van der Waals surface area contributed by atoms with Gasteiger partial charge in [-0.15, -0.1) is 0 Å². The monoisotopic (exact) mass is 192 g/mol. The minimum Gasteiger partial charge on any atom is -0.316 e. The van der Waals surface area contributed by atoms with Crippen LogP contribution in [0.2, 0.25) is 0 Å². The van der Waals surface area contributed by atoms with E-state index >= 15 is 0 Å². The summed E-state index contributed by atoms with van der Waals surface area (Å²) in [5.74, 6) is 0.329. The smallest absolute Gasteiger partial charge is 0.141 e. The molecule has 1 saturated carbocycles. The number of hydrogen-bond acceptors (Lipinski definition) is 2. The lowest BCUT2D eigenvalue weighted by molar-refractivity contribution is 0.0360. The van der Waals surface area contributed by atoms with Crippen molar-refractivity contribution >= 4 is 0 Å². The Bertz CT molecular complexity index is 352. The topological polar surface area (TPSA) is 24.9 Å². The van der Waals surface area contributed by atoms with Gasteiger partial charge in [0.25, 0.3) is 0 Å². The fraction of sp³-hybridized carbons (Fsp3) is 0.545. The van der Waals surface area contributed by atoms with E-state index in [0.717, 1.165) is 18.7 Å². The summed E-state index contributed by atoms with van der Waals surface area (Å²) in [5, 5.41) is 3.30. The molecule has 1 aliphatic carbocycles. The van der Waals surface area contributed by atoms with Gasteiger partial charge in [0.1, 0.15) is 5.82 Å². The second kappa shape index (κ2) is 2.76. The van der Waals surface area contributed by atoms with Crippen molar-refractivity contribution in [1.82, 2.24) is 10.3 Å². The summed E-state index contributed by atoms with van der Waals surface area (Å²) in [6.07, 6.45) is 5.46. The number of rotatable bonds is 1. The van der Waals surface area contributed by atoms with Gasteiger partial charge in [0.05, 0.1) is 6.20 Å². The van der Waals surface area contributed by atoms with E-state index in [1.165, 1.54) is 19.0 Å². The third-order valence-electron chi connectivity index (χ3n) is 3.56. The molecule has 0 aromatic carbocycles. The van der Waals surface area contributed by atoms with Crippen LogP contribution in [0.1, 0.15) is 24.3 Å². The van der Waals surface area contributed by atoms with Gasteiger partial charge in [0.2, 0.25) is 0 Å². The van der Waals surface area contributed by atoms with Gasteiger partial charge in [-0.3, -0.25) is 4.98 Å². The summed E-state index contributed by atoms with van der Waals surface area (Å²) in [6, 6.07) is 1.62. The number of aromatic nitrogens is 1. The maximum absolute atomic E-state index is 12.9. The maximum Gasteiger partial charge on any atom is 0.141 e. The standard InChI is InChI=1S/C11H13FN2/c12-10-1-8(4-13-5-10)9-2-11(3-9)6-14-7-11/h1,4-5,9,14H,2-3,6-7H2. The molecular weight excluding hydrogens is 179 g/mol. The second-order valence-corrected chi connectivity index (χ2v) is 4.65. The van der Waals surface area contributed by atoms with Crippen molar-refractivity contribution in [3.05, 3.63) is 29.8 Å². The predicted octanol–water partition coefficient (Wildman–Crippen LogP) is 1.69. The first-order chi connectivity index (χ1) is 6.77. The van der Waals surface area contributed by atoms with Crippen LogP contribution in [0.4, 0.5) is 4.39 Å². The Morgan fingerprint density at radius 2 is 2.14 bits per heavy atom. The number of halogens is 1. The summed E-state index contributed by atoms with van der Waals surface area (Å²) in [4.78, 5) is 3.89. The van der Waals surface area contributed by atoms with Gasteiger partial charge >= 0.3 is 0 Å². The summed E-state index contributed by atoms with van der Waals surface area (Å²) in [5.41, 5.74) is 1.62. The van der Waals surface area contributed by atoms with Crippen LogP contribution in [-0.4, -0.2) is 18.1 Å². The lowest BCUT2D eigenvalue weighted by Crippen LogP contribution is -2.59. The van der Waals surface area contributed by atoms with E-state index in [9.17, 15) is 4.39 Å². The van der Waals surface area contributed by atoms with Crippen LogP contribution in [0.3, 0.4) is 0 Å². The molecule has 1 aromatic rings. The van der Waals surface area contributed by atoms with Crippen LogP contribution in [0, 0.1) is 11.2 Å². The molecule has 3 rings (SSSR count). The van der Waals surface area contributed by atoms with E-state index in [4.69, 9.17) is 0 Å². The third-order valence-corrected chi connectivity index (χ3v) is 3.56. The highest BCUT2D eigenvalue weighted by atomic mass is 19.1. The molecule has 2 heterocycles. The Labute approximate surface area is 82.5 Å². The summed E-state index contributed by atoms with van der Waals surface area (Å²) < 4.78 is 12.9. The van der Waals surface area contributed by atoms with Gasteiger partial charge in [0.15, 0.2) is 0 Å². The number of nitrogens with zero attached hydrogens (tertiary/aromatic N) is 1. The Hall–Kier alpha value is -0.960. The van der Waals surface area contributed by atoms with E-state index in [0.29, 0.717) is 11.3 Å². The molecule has 74 valence electrons. The molecule has 1 spiro atoms. The molecule has 0 radical (unpaired) electrons. The highest BCUT2D eigenvalue weighted by Gasteiger charge is 2.48. The van der Waals surface area contributed by atoms with Crippen molar-refractivity contribution in [3.63, 3.8) is 0 Å². The average Bonchev–Trinajstić information content (AvgIpc) is 1.98. The van der Waals surface area contributed by atoms with E-state index in [1.807, 2.05) is 0 Å². The molecule has 14 heavy (non-hydrogen) atoms. The summed E-state index contributed by atoms with van der Waals surface area (Å²) in [6.45, 7) is 2.29. The van der Waals surface area contributed by atoms with Crippen molar-refractivity contribution in [2.45, 2.75) is 18.8 Å².